The quantitative estimate of drug-likeness (QED) is 0.766. The van der Waals surface area contributed by atoms with Gasteiger partial charge in [0.2, 0.25) is 11.7 Å². The minimum atomic E-state index is -0.135. The van der Waals surface area contributed by atoms with Crippen molar-refractivity contribution in [1.82, 2.24) is 5.32 Å². The average Bonchev–Trinajstić information content (AvgIpc) is 2.71. The first-order valence-electron chi connectivity index (χ1n) is 9.16. The van der Waals surface area contributed by atoms with Gasteiger partial charge in [0.1, 0.15) is 0 Å². The van der Waals surface area contributed by atoms with Crippen LogP contribution < -0.4 is 19.5 Å². The minimum Gasteiger partial charge on any atom is -0.493 e. The highest BCUT2D eigenvalue weighted by Crippen LogP contribution is 2.38. The second-order valence-electron chi connectivity index (χ2n) is 6.63. The Hall–Kier alpha value is -2.25. The topological polar surface area (TPSA) is 75.3 Å². The van der Waals surface area contributed by atoms with Crippen molar-refractivity contribution in [2.45, 2.75) is 37.5 Å². The van der Waals surface area contributed by atoms with Crippen LogP contribution in [-0.4, -0.2) is 58.7 Å². The lowest BCUT2D eigenvalue weighted by molar-refractivity contribution is -0.158. The smallest absolute Gasteiger partial charge is 0.244 e. The molecule has 0 radical (unpaired) electrons. The van der Waals surface area contributed by atoms with E-state index in [4.69, 9.17) is 23.7 Å². The van der Waals surface area contributed by atoms with Crippen LogP contribution in [0.3, 0.4) is 0 Å². The Bertz CT molecular complexity index is 664. The third-order valence-electron chi connectivity index (χ3n) is 4.94. The Morgan fingerprint density at radius 3 is 2.33 bits per heavy atom. The fraction of sp³-hybridized carbons (Fsp3) is 0.550. The van der Waals surface area contributed by atoms with Crippen molar-refractivity contribution in [3.05, 3.63) is 23.8 Å². The first-order valence-corrected chi connectivity index (χ1v) is 9.16. The molecule has 0 bridgehead atoms. The van der Waals surface area contributed by atoms with Crippen molar-refractivity contribution in [2.24, 2.45) is 0 Å². The lowest BCUT2D eigenvalue weighted by Gasteiger charge is -2.38. The molecule has 3 atom stereocenters. The molecular formula is C20H27NO6. The summed E-state index contributed by atoms with van der Waals surface area (Å²) in [4.78, 5) is 12.3. The highest BCUT2D eigenvalue weighted by molar-refractivity contribution is 5.92. The third kappa shape index (κ3) is 4.73. The van der Waals surface area contributed by atoms with Gasteiger partial charge >= 0.3 is 0 Å². The maximum Gasteiger partial charge on any atom is 0.244 e. The zero-order valence-electron chi connectivity index (χ0n) is 16.0. The van der Waals surface area contributed by atoms with Crippen molar-refractivity contribution in [3.63, 3.8) is 0 Å². The van der Waals surface area contributed by atoms with E-state index in [1.807, 2.05) is 0 Å². The molecule has 1 aliphatic heterocycles. The molecule has 1 saturated heterocycles. The maximum absolute atomic E-state index is 12.3. The fourth-order valence-corrected chi connectivity index (χ4v) is 3.62. The molecule has 1 heterocycles. The number of hydrogen-bond acceptors (Lipinski definition) is 6. The van der Waals surface area contributed by atoms with E-state index in [2.05, 4.69) is 5.32 Å². The first-order chi connectivity index (χ1) is 13.1. The number of nitrogens with one attached hydrogen (secondary N) is 1. The molecule has 1 aromatic rings. The zero-order valence-corrected chi connectivity index (χ0v) is 16.0. The predicted octanol–water partition coefficient (Wildman–Crippen LogP) is 2.18. The summed E-state index contributed by atoms with van der Waals surface area (Å²) >= 11 is 0. The molecule has 1 amide bonds. The molecular weight excluding hydrogens is 350 g/mol. The van der Waals surface area contributed by atoms with Crippen LogP contribution in [-0.2, 0) is 14.3 Å². The monoisotopic (exact) mass is 377 g/mol. The van der Waals surface area contributed by atoms with E-state index in [9.17, 15) is 4.79 Å². The number of carbonyl (C=O) groups excluding carboxylic acids is 1. The Balaban J connectivity index is 1.61. The Kier molecular flexibility index (Phi) is 6.58. The lowest BCUT2D eigenvalue weighted by atomic mass is 9.89. The second-order valence-corrected chi connectivity index (χ2v) is 6.63. The average molecular weight is 377 g/mol. The summed E-state index contributed by atoms with van der Waals surface area (Å²) in [5.41, 5.74) is 0.785. The molecule has 27 heavy (non-hydrogen) atoms. The van der Waals surface area contributed by atoms with Gasteiger partial charge in [0.25, 0.3) is 0 Å². The zero-order chi connectivity index (χ0) is 19.2. The van der Waals surface area contributed by atoms with Crippen molar-refractivity contribution >= 4 is 12.0 Å². The number of carbonyl (C=O) groups is 1. The SMILES string of the molecule is COc1cc(/C=C/C(=O)NC2CCC3OCCOC3C2)cc(OC)c1OC. The summed E-state index contributed by atoms with van der Waals surface area (Å²) in [7, 11) is 4.68. The van der Waals surface area contributed by atoms with Crippen molar-refractivity contribution in [1.29, 1.82) is 0 Å². The second kappa shape index (κ2) is 9.10. The third-order valence-corrected chi connectivity index (χ3v) is 4.94. The van der Waals surface area contributed by atoms with Gasteiger partial charge in [0, 0.05) is 12.1 Å². The molecule has 3 rings (SSSR count). The molecule has 3 unspecified atom stereocenters. The van der Waals surface area contributed by atoms with Crippen LogP contribution in [0, 0.1) is 0 Å². The van der Waals surface area contributed by atoms with Gasteiger partial charge in [0.05, 0.1) is 46.8 Å². The molecule has 2 fully saturated rings. The molecule has 7 heteroatoms. The number of fused-ring (bicyclic) bond motifs is 1. The number of methoxy groups -OCH3 is 3. The van der Waals surface area contributed by atoms with E-state index >= 15 is 0 Å². The Labute approximate surface area is 159 Å². The van der Waals surface area contributed by atoms with E-state index in [0.717, 1.165) is 24.8 Å². The summed E-state index contributed by atoms with van der Waals surface area (Å²) in [6, 6.07) is 3.69. The number of amides is 1. The summed E-state index contributed by atoms with van der Waals surface area (Å²) in [6.45, 7) is 1.29. The van der Waals surface area contributed by atoms with E-state index in [0.29, 0.717) is 30.5 Å². The largest absolute Gasteiger partial charge is 0.493 e. The molecule has 1 aromatic carbocycles. The number of ether oxygens (including phenoxy) is 5. The molecule has 0 aromatic heterocycles. The Morgan fingerprint density at radius 1 is 1.04 bits per heavy atom. The van der Waals surface area contributed by atoms with Gasteiger partial charge in [-0.05, 0) is 43.0 Å². The van der Waals surface area contributed by atoms with Crippen LogP contribution in [0.4, 0.5) is 0 Å². The van der Waals surface area contributed by atoms with Gasteiger partial charge in [-0.1, -0.05) is 0 Å². The van der Waals surface area contributed by atoms with E-state index < -0.39 is 0 Å². The van der Waals surface area contributed by atoms with Gasteiger partial charge in [-0.25, -0.2) is 0 Å². The molecule has 1 aliphatic carbocycles. The van der Waals surface area contributed by atoms with E-state index in [-0.39, 0.29) is 24.2 Å². The predicted molar refractivity (Wildman–Crippen MR) is 100 cm³/mol. The summed E-state index contributed by atoms with van der Waals surface area (Å²) in [5.74, 6) is 1.48. The van der Waals surface area contributed by atoms with Gasteiger partial charge in [0.15, 0.2) is 11.5 Å². The highest BCUT2D eigenvalue weighted by atomic mass is 16.6. The van der Waals surface area contributed by atoms with Gasteiger partial charge in [-0.15, -0.1) is 0 Å². The summed E-state index contributed by atoms with van der Waals surface area (Å²) < 4.78 is 27.5. The first kappa shape index (κ1) is 19.5. The van der Waals surface area contributed by atoms with Gasteiger partial charge in [-0.2, -0.15) is 0 Å². The maximum atomic E-state index is 12.3. The standard InChI is InChI=1S/C20H27NO6/c1-23-17-10-13(11-18(24-2)20(17)25-3)4-7-19(22)21-14-5-6-15-16(12-14)27-9-8-26-15/h4,7,10-11,14-16H,5-6,8-9,12H2,1-3H3,(H,21,22)/b7-4+. The van der Waals surface area contributed by atoms with Gasteiger partial charge < -0.3 is 29.0 Å². The van der Waals surface area contributed by atoms with Gasteiger partial charge in [-0.3, -0.25) is 4.79 Å². The van der Waals surface area contributed by atoms with Crippen molar-refractivity contribution in [3.8, 4) is 17.2 Å². The minimum absolute atomic E-state index is 0.0805. The van der Waals surface area contributed by atoms with Crippen molar-refractivity contribution < 1.29 is 28.5 Å². The van der Waals surface area contributed by atoms with Crippen molar-refractivity contribution in [2.75, 3.05) is 34.5 Å². The summed E-state index contributed by atoms with van der Waals surface area (Å²) in [6.07, 6.45) is 6.09. The Morgan fingerprint density at radius 2 is 1.70 bits per heavy atom. The molecule has 148 valence electrons. The van der Waals surface area contributed by atoms with Crippen LogP contribution >= 0.6 is 0 Å². The normalized spacial score (nSPS) is 24.9. The van der Waals surface area contributed by atoms with Crippen LogP contribution in [0.2, 0.25) is 0 Å². The number of rotatable bonds is 6. The molecule has 0 spiro atoms. The van der Waals surface area contributed by atoms with Crippen LogP contribution in [0.15, 0.2) is 18.2 Å². The van der Waals surface area contributed by atoms with E-state index in [1.165, 1.54) is 6.08 Å². The molecule has 1 saturated carbocycles. The highest BCUT2D eigenvalue weighted by Gasteiger charge is 2.34. The number of benzene rings is 1. The molecule has 7 nitrogen and oxygen atoms in total. The fourth-order valence-electron chi connectivity index (χ4n) is 3.62. The van der Waals surface area contributed by atoms with E-state index in [1.54, 1.807) is 39.5 Å². The molecule has 1 N–H and O–H groups in total. The summed E-state index contributed by atoms with van der Waals surface area (Å²) in [5, 5.41) is 3.05. The van der Waals surface area contributed by atoms with Crippen LogP contribution in [0.5, 0.6) is 17.2 Å². The van der Waals surface area contributed by atoms with Crippen LogP contribution in [0.25, 0.3) is 6.08 Å². The molecule has 2 aliphatic rings. The number of hydrogen-bond donors (Lipinski definition) is 1. The van der Waals surface area contributed by atoms with Crippen LogP contribution in [0.1, 0.15) is 24.8 Å². The lowest BCUT2D eigenvalue weighted by Crippen LogP contribution is -2.49.